The van der Waals surface area contributed by atoms with Crippen molar-refractivity contribution < 1.29 is 8.42 Å². The summed E-state index contributed by atoms with van der Waals surface area (Å²) in [5.74, 6) is 1.02. The molecule has 1 fully saturated rings. The van der Waals surface area contributed by atoms with E-state index in [1.54, 1.807) is 0 Å². The van der Waals surface area contributed by atoms with Gasteiger partial charge in [-0.3, -0.25) is 0 Å². The number of rotatable bonds is 5. The lowest BCUT2D eigenvalue weighted by atomic mass is 10.1. The van der Waals surface area contributed by atoms with E-state index in [2.05, 4.69) is 6.92 Å². The first-order chi connectivity index (χ1) is 7.59. The Morgan fingerprint density at radius 2 is 1.69 bits per heavy atom. The van der Waals surface area contributed by atoms with Crippen molar-refractivity contribution in [3.63, 3.8) is 0 Å². The maximum atomic E-state index is 11.8. The smallest absolute Gasteiger partial charge is 0.154 e. The molecule has 0 N–H and O–H groups in total. The van der Waals surface area contributed by atoms with Gasteiger partial charge < -0.3 is 0 Å². The Kier molecular flexibility index (Phi) is 3.33. The minimum absolute atomic E-state index is 0.202. The third-order valence-electron chi connectivity index (χ3n) is 3.00. The van der Waals surface area contributed by atoms with Crippen molar-refractivity contribution in [1.29, 1.82) is 0 Å². The Hall–Kier alpha value is -0.830. The van der Waals surface area contributed by atoms with Gasteiger partial charge in [-0.2, -0.15) is 0 Å². The molecule has 0 atom stereocenters. The lowest BCUT2D eigenvalue weighted by molar-refractivity contribution is 0.591. The first-order valence-corrected chi connectivity index (χ1v) is 7.69. The SMILES string of the molecule is CCc1ccc(CS(=O)(=O)CC2CC2)cc1. The van der Waals surface area contributed by atoms with Gasteiger partial charge >= 0.3 is 0 Å². The summed E-state index contributed by atoms with van der Waals surface area (Å²) in [5, 5.41) is 0. The van der Waals surface area contributed by atoms with Crippen molar-refractivity contribution in [1.82, 2.24) is 0 Å². The van der Waals surface area contributed by atoms with Gasteiger partial charge in [-0.25, -0.2) is 8.42 Å². The fourth-order valence-corrected chi connectivity index (χ4v) is 3.70. The summed E-state index contributed by atoms with van der Waals surface area (Å²) in [4.78, 5) is 0. The molecule has 2 rings (SSSR count). The molecule has 1 aliphatic rings. The zero-order chi connectivity index (χ0) is 11.6. The zero-order valence-electron chi connectivity index (χ0n) is 9.65. The molecule has 2 nitrogen and oxygen atoms in total. The third kappa shape index (κ3) is 3.34. The van der Waals surface area contributed by atoms with Crippen LogP contribution in [0.25, 0.3) is 0 Å². The van der Waals surface area contributed by atoms with Crippen molar-refractivity contribution in [3.8, 4) is 0 Å². The fraction of sp³-hybridized carbons (Fsp3) is 0.538. The normalized spacial score (nSPS) is 16.3. The predicted octanol–water partition coefficient (Wildman–Crippen LogP) is 2.57. The number of hydrogen-bond acceptors (Lipinski definition) is 2. The lowest BCUT2D eigenvalue weighted by Gasteiger charge is -2.04. The second kappa shape index (κ2) is 4.58. The topological polar surface area (TPSA) is 34.1 Å². The standard InChI is InChI=1S/C13H18O2S/c1-2-11-3-5-12(6-4-11)9-16(14,15)10-13-7-8-13/h3-6,13H,2,7-10H2,1H3. The molecule has 1 aliphatic carbocycles. The van der Waals surface area contributed by atoms with Crippen molar-refractivity contribution in [2.24, 2.45) is 5.92 Å². The van der Waals surface area contributed by atoms with Gasteiger partial charge in [-0.1, -0.05) is 31.2 Å². The molecule has 1 aromatic rings. The van der Waals surface area contributed by atoms with Gasteiger partial charge in [0, 0.05) is 0 Å². The fourth-order valence-electron chi connectivity index (χ4n) is 1.83. The largest absolute Gasteiger partial charge is 0.228 e. The molecule has 1 saturated carbocycles. The highest BCUT2D eigenvalue weighted by Gasteiger charge is 2.27. The van der Waals surface area contributed by atoms with Crippen LogP contribution in [0.2, 0.25) is 0 Å². The Labute approximate surface area is 97.6 Å². The Balaban J connectivity index is 2.01. The van der Waals surface area contributed by atoms with E-state index >= 15 is 0 Å². The summed E-state index contributed by atoms with van der Waals surface area (Å²) >= 11 is 0. The van der Waals surface area contributed by atoms with Crippen LogP contribution in [-0.2, 0) is 22.0 Å². The van der Waals surface area contributed by atoms with Crippen LogP contribution in [0.1, 0.15) is 30.9 Å². The summed E-state index contributed by atoms with van der Waals surface area (Å²) in [6.45, 7) is 2.10. The van der Waals surface area contributed by atoms with Crippen LogP contribution in [0, 0.1) is 5.92 Å². The maximum Gasteiger partial charge on any atom is 0.154 e. The third-order valence-corrected chi connectivity index (χ3v) is 4.76. The van der Waals surface area contributed by atoms with Crippen molar-refractivity contribution >= 4 is 9.84 Å². The summed E-state index contributed by atoms with van der Waals surface area (Å²) in [5.41, 5.74) is 2.17. The summed E-state index contributed by atoms with van der Waals surface area (Å²) in [6.07, 6.45) is 3.18. The molecule has 0 unspecified atom stereocenters. The molecule has 0 bridgehead atoms. The van der Waals surface area contributed by atoms with Gasteiger partial charge in [0.05, 0.1) is 11.5 Å². The van der Waals surface area contributed by atoms with E-state index in [4.69, 9.17) is 0 Å². The van der Waals surface area contributed by atoms with E-state index in [9.17, 15) is 8.42 Å². The number of sulfone groups is 1. The van der Waals surface area contributed by atoms with Gasteiger partial charge in [-0.15, -0.1) is 0 Å². The van der Waals surface area contributed by atoms with E-state index in [0.717, 1.165) is 24.8 Å². The molecule has 16 heavy (non-hydrogen) atoms. The Morgan fingerprint density at radius 3 is 2.19 bits per heavy atom. The van der Waals surface area contributed by atoms with Crippen LogP contribution in [0.4, 0.5) is 0 Å². The minimum Gasteiger partial charge on any atom is -0.228 e. The average molecular weight is 238 g/mol. The molecule has 0 aromatic heterocycles. The molecule has 0 saturated heterocycles. The molecule has 1 aromatic carbocycles. The van der Waals surface area contributed by atoms with Crippen molar-refractivity contribution in [2.75, 3.05) is 5.75 Å². The van der Waals surface area contributed by atoms with Crippen LogP contribution in [0.5, 0.6) is 0 Å². The lowest BCUT2D eigenvalue weighted by Crippen LogP contribution is -2.10. The number of hydrogen-bond donors (Lipinski definition) is 0. The molecular formula is C13H18O2S. The summed E-state index contributed by atoms with van der Waals surface area (Å²) in [7, 11) is -2.89. The van der Waals surface area contributed by atoms with Crippen molar-refractivity contribution in [2.45, 2.75) is 31.9 Å². The average Bonchev–Trinajstić information content (AvgIpc) is 3.01. The molecular weight excluding hydrogens is 220 g/mol. The van der Waals surface area contributed by atoms with E-state index < -0.39 is 9.84 Å². The van der Waals surface area contributed by atoms with Crippen LogP contribution in [0.3, 0.4) is 0 Å². The van der Waals surface area contributed by atoms with Crippen LogP contribution in [-0.4, -0.2) is 14.2 Å². The van der Waals surface area contributed by atoms with Gasteiger partial charge in [-0.05, 0) is 36.3 Å². The molecule has 88 valence electrons. The highest BCUT2D eigenvalue weighted by atomic mass is 32.2. The maximum absolute atomic E-state index is 11.8. The summed E-state index contributed by atoms with van der Waals surface area (Å²) < 4.78 is 23.6. The molecule has 0 radical (unpaired) electrons. The van der Waals surface area contributed by atoms with E-state index in [0.29, 0.717) is 11.7 Å². The summed E-state index contributed by atoms with van der Waals surface area (Å²) in [6, 6.07) is 7.90. The number of benzene rings is 1. The van der Waals surface area contributed by atoms with Crippen LogP contribution in [0.15, 0.2) is 24.3 Å². The van der Waals surface area contributed by atoms with Crippen LogP contribution >= 0.6 is 0 Å². The molecule has 0 heterocycles. The highest BCUT2D eigenvalue weighted by Crippen LogP contribution is 2.31. The second-order valence-corrected chi connectivity index (χ2v) is 6.78. The Morgan fingerprint density at radius 1 is 1.12 bits per heavy atom. The first-order valence-electron chi connectivity index (χ1n) is 5.87. The highest BCUT2D eigenvalue weighted by molar-refractivity contribution is 7.90. The van der Waals surface area contributed by atoms with Crippen LogP contribution < -0.4 is 0 Å². The molecule has 0 spiro atoms. The van der Waals surface area contributed by atoms with Crippen molar-refractivity contribution in [3.05, 3.63) is 35.4 Å². The van der Waals surface area contributed by atoms with Gasteiger partial charge in [0.15, 0.2) is 9.84 Å². The van der Waals surface area contributed by atoms with E-state index in [1.807, 2.05) is 24.3 Å². The molecule has 0 amide bonds. The van der Waals surface area contributed by atoms with E-state index in [-0.39, 0.29) is 5.75 Å². The van der Waals surface area contributed by atoms with Gasteiger partial charge in [0.1, 0.15) is 0 Å². The van der Waals surface area contributed by atoms with Gasteiger partial charge in [0.25, 0.3) is 0 Å². The van der Waals surface area contributed by atoms with E-state index in [1.165, 1.54) is 5.56 Å². The quantitative estimate of drug-likeness (QED) is 0.790. The monoisotopic (exact) mass is 238 g/mol. The second-order valence-electron chi connectivity index (χ2n) is 4.67. The molecule has 3 heteroatoms. The zero-order valence-corrected chi connectivity index (χ0v) is 10.5. The minimum atomic E-state index is -2.89. The first kappa shape index (κ1) is 11.6. The molecule has 0 aliphatic heterocycles. The number of aryl methyl sites for hydroxylation is 1. The van der Waals surface area contributed by atoms with Gasteiger partial charge in [0.2, 0.25) is 0 Å². The predicted molar refractivity (Wildman–Crippen MR) is 66.0 cm³/mol. The Bertz CT molecular complexity index is 441.